The number of thiophene rings is 1. The molecule has 0 saturated carbocycles. The summed E-state index contributed by atoms with van der Waals surface area (Å²) in [4.78, 5) is 13.2. The smallest absolute Gasteiger partial charge is 0.252 e. The van der Waals surface area contributed by atoms with Gasteiger partial charge in [-0.2, -0.15) is 0 Å². The van der Waals surface area contributed by atoms with Gasteiger partial charge in [0, 0.05) is 15.9 Å². The largest absolute Gasteiger partial charge is 0.352 e. The minimum Gasteiger partial charge on any atom is -0.352 e. The van der Waals surface area contributed by atoms with Gasteiger partial charge in [-0.25, -0.2) is 0 Å². The molecule has 5 heteroatoms. The van der Waals surface area contributed by atoms with Crippen LogP contribution >= 0.6 is 38.9 Å². The molecule has 0 bridgehead atoms. The van der Waals surface area contributed by atoms with E-state index in [1.807, 2.05) is 37.3 Å². The van der Waals surface area contributed by atoms with E-state index in [9.17, 15) is 4.79 Å². The molecule has 0 aliphatic heterocycles. The molecule has 0 saturated heterocycles. The molecular formula is C14H13BrClNOS. The van der Waals surface area contributed by atoms with E-state index < -0.39 is 0 Å². The summed E-state index contributed by atoms with van der Waals surface area (Å²) in [5.74, 6) is -0.0606. The van der Waals surface area contributed by atoms with Crippen molar-refractivity contribution >= 4 is 44.8 Å². The summed E-state index contributed by atoms with van der Waals surface area (Å²) >= 11 is 10.8. The van der Waals surface area contributed by atoms with E-state index in [1.165, 1.54) is 4.88 Å². The first-order valence-corrected chi connectivity index (χ1v) is 7.83. The third-order valence-electron chi connectivity index (χ3n) is 2.66. The summed E-state index contributed by atoms with van der Waals surface area (Å²) < 4.78 is 1.60. The van der Waals surface area contributed by atoms with Crippen molar-refractivity contribution in [2.24, 2.45) is 0 Å². The van der Waals surface area contributed by atoms with E-state index in [1.54, 1.807) is 11.3 Å². The average molecular weight is 359 g/mol. The zero-order valence-corrected chi connectivity index (χ0v) is 13.5. The number of benzene rings is 1. The van der Waals surface area contributed by atoms with Crippen LogP contribution in [0.25, 0.3) is 0 Å². The van der Waals surface area contributed by atoms with Crippen molar-refractivity contribution in [1.82, 2.24) is 5.32 Å². The standard InChI is InChI=1S/C14H13BrClNOS/c1-9-2-4-11(12(15)8-9)14(18)17-7-6-10-3-5-13(16)19-10/h2-5,8H,6-7H2,1H3,(H,17,18). The van der Waals surface area contributed by atoms with Crippen molar-refractivity contribution in [2.45, 2.75) is 13.3 Å². The summed E-state index contributed by atoms with van der Waals surface area (Å²) in [5.41, 5.74) is 1.78. The van der Waals surface area contributed by atoms with Gasteiger partial charge in [0.15, 0.2) is 0 Å². The fraction of sp³-hybridized carbons (Fsp3) is 0.214. The molecule has 0 atom stereocenters. The van der Waals surface area contributed by atoms with Gasteiger partial charge in [-0.3, -0.25) is 4.79 Å². The van der Waals surface area contributed by atoms with E-state index in [0.717, 1.165) is 20.8 Å². The lowest BCUT2D eigenvalue weighted by Gasteiger charge is -2.07. The Kier molecular flexibility index (Phi) is 5.02. The Morgan fingerprint density at radius 3 is 2.79 bits per heavy atom. The van der Waals surface area contributed by atoms with Gasteiger partial charge in [-0.1, -0.05) is 17.7 Å². The third-order valence-corrected chi connectivity index (χ3v) is 4.60. The molecule has 2 nitrogen and oxygen atoms in total. The molecule has 0 radical (unpaired) electrons. The first-order valence-electron chi connectivity index (χ1n) is 5.85. The number of nitrogens with one attached hydrogen (secondary N) is 1. The summed E-state index contributed by atoms with van der Waals surface area (Å²) in [6.07, 6.45) is 0.798. The van der Waals surface area contributed by atoms with Gasteiger partial charge < -0.3 is 5.32 Å². The molecular weight excluding hydrogens is 346 g/mol. The third kappa shape index (κ3) is 4.06. The van der Waals surface area contributed by atoms with Crippen LogP contribution in [0.5, 0.6) is 0 Å². The molecule has 1 amide bonds. The predicted molar refractivity (Wildman–Crippen MR) is 84.2 cm³/mol. The van der Waals surface area contributed by atoms with Gasteiger partial charge in [0.05, 0.1) is 9.90 Å². The van der Waals surface area contributed by atoms with Gasteiger partial charge in [-0.05, 0) is 59.1 Å². The second-order valence-electron chi connectivity index (χ2n) is 4.20. The van der Waals surface area contributed by atoms with Crippen molar-refractivity contribution in [1.29, 1.82) is 0 Å². The molecule has 0 aliphatic carbocycles. The zero-order valence-electron chi connectivity index (χ0n) is 10.4. The van der Waals surface area contributed by atoms with Crippen LogP contribution in [-0.4, -0.2) is 12.5 Å². The molecule has 0 spiro atoms. The second kappa shape index (κ2) is 6.55. The Bertz CT molecular complexity index is 597. The molecule has 1 N–H and O–H groups in total. The van der Waals surface area contributed by atoms with Crippen LogP contribution in [0.3, 0.4) is 0 Å². The Morgan fingerprint density at radius 2 is 2.16 bits per heavy atom. The summed E-state index contributed by atoms with van der Waals surface area (Å²) in [6, 6.07) is 9.56. The lowest BCUT2D eigenvalue weighted by Crippen LogP contribution is -2.25. The number of halogens is 2. The van der Waals surface area contributed by atoms with Gasteiger partial charge in [0.2, 0.25) is 0 Å². The maximum Gasteiger partial charge on any atom is 0.252 e. The number of aryl methyl sites for hydroxylation is 1. The van der Waals surface area contributed by atoms with Gasteiger partial charge >= 0.3 is 0 Å². The highest BCUT2D eigenvalue weighted by Gasteiger charge is 2.09. The van der Waals surface area contributed by atoms with E-state index in [2.05, 4.69) is 21.2 Å². The fourth-order valence-electron chi connectivity index (χ4n) is 1.68. The predicted octanol–water partition coefficient (Wildman–Crippen LogP) is 4.44. The minimum atomic E-state index is -0.0606. The van der Waals surface area contributed by atoms with E-state index in [-0.39, 0.29) is 5.91 Å². The van der Waals surface area contributed by atoms with E-state index in [0.29, 0.717) is 12.1 Å². The molecule has 1 heterocycles. The molecule has 2 aromatic rings. The maximum atomic E-state index is 12.0. The number of carbonyl (C=O) groups is 1. The Balaban J connectivity index is 1.90. The lowest BCUT2D eigenvalue weighted by atomic mass is 10.1. The molecule has 100 valence electrons. The van der Waals surface area contributed by atoms with Gasteiger partial charge in [0.25, 0.3) is 5.91 Å². The summed E-state index contributed by atoms with van der Waals surface area (Å²) in [7, 11) is 0. The number of amides is 1. The summed E-state index contributed by atoms with van der Waals surface area (Å²) in [6.45, 7) is 2.60. The quantitative estimate of drug-likeness (QED) is 0.860. The van der Waals surface area contributed by atoms with Gasteiger partial charge in [-0.15, -0.1) is 11.3 Å². The second-order valence-corrected chi connectivity index (χ2v) is 6.85. The minimum absolute atomic E-state index is 0.0606. The maximum absolute atomic E-state index is 12.0. The van der Waals surface area contributed by atoms with E-state index in [4.69, 9.17) is 11.6 Å². The zero-order chi connectivity index (χ0) is 13.8. The fourth-order valence-corrected chi connectivity index (χ4v) is 3.45. The van der Waals surface area contributed by atoms with Crippen LogP contribution in [0.4, 0.5) is 0 Å². The molecule has 0 aliphatic rings. The van der Waals surface area contributed by atoms with E-state index >= 15 is 0 Å². The molecule has 0 fully saturated rings. The average Bonchev–Trinajstić information content (AvgIpc) is 2.75. The van der Waals surface area contributed by atoms with Crippen LogP contribution in [0.2, 0.25) is 4.34 Å². The number of carbonyl (C=O) groups excluding carboxylic acids is 1. The molecule has 1 aromatic carbocycles. The van der Waals surface area contributed by atoms with Crippen molar-refractivity contribution < 1.29 is 4.79 Å². The molecule has 0 unspecified atom stereocenters. The van der Waals surface area contributed by atoms with Crippen LogP contribution in [0.1, 0.15) is 20.8 Å². The SMILES string of the molecule is Cc1ccc(C(=O)NCCc2ccc(Cl)s2)c(Br)c1. The normalized spacial score (nSPS) is 10.5. The monoisotopic (exact) mass is 357 g/mol. The van der Waals surface area contributed by atoms with Crippen LogP contribution in [0.15, 0.2) is 34.8 Å². The molecule has 19 heavy (non-hydrogen) atoms. The molecule has 1 aromatic heterocycles. The highest BCUT2D eigenvalue weighted by atomic mass is 79.9. The highest BCUT2D eigenvalue weighted by molar-refractivity contribution is 9.10. The van der Waals surface area contributed by atoms with Crippen LogP contribution < -0.4 is 5.32 Å². The van der Waals surface area contributed by atoms with Crippen LogP contribution in [0, 0.1) is 6.92 Å². The lowest BCUT2D eigenvalue weighted by molar-refractivity contribution is 0.0953. The highest BCUT2D eigenvalue weighted by Crippen LogP contribution is 2.21. The van der Waals surface area contributed by atoms with Crippen molar-refractivity contribution in [3.05, 3.63) is 55.1 Å². The number of rotatable bonds is 4. The van der Waals surface area contributed by atoms with Gasteiger partial charge in [0.1, 0.15) is 0 Å². The Labute approximate surface area is 129 Å². The Hall–Kier alpha value is -0.840. The van der Waals surface area contributed by atoms with Crippen molar-refractivity contribution in [3.8, 4) is 0 Å². The first-order chi connectivity index (χ1) is 9.06. The van der Waals surface area contributed by atoms with Crippen molar-refractivity contribution in [3.63, 3.8) is 0 Å². The summed E-state index contributed by atoms with van der Waals surface area (Å²) in [5, 5.41) is 2.91. The van der Waals surface area contributed by atoms with Crippen LogP contribution in [-0.2, 0) is 6.42 Å². The topological polar surface area (TPSA) is 29.1 Å². The number of hydrogen-bond acceptors (Lipinski definition) is 2. The van der Waals surface area contributed by atoms with Crippen molar-refractivity contribution in [2.75, 3.05) is 6.54 Å². The molecule has 2 rings (SSSR count). The Morgan fingerprint density at radius 1 is 1.37 bits per heavy atom. The number of hydrogen-bond donors (Lipinski definition) is 1. The first kappa shape index (κ1) is 14.6.